The van der Waals surface area contributed by atoms with E-state index in [1.165, 1.54) is 32.4 Å². The van der Waals surface area contributed by atoms with E-state index in [9.17, 15) is 4.79 Å². The molecule has 5 rings (SSSR count). The maximum absolute atomic E-state index is 12.8. The first-order valence-electron chi connectivity index (χ1n) is 14.3. The molecule has 0 saturated carbocycles. The highest BCUT2D eigenvalue weighted by Gasteiger charge is 2.43. The van der Waals surface area contributed by atoms with Crippen LogP contribution in [0.5, 0.6) is 11.5 Å². The number of nitrogens with zero attached hydrogens (tertiary/aromatic N) is 2. The number of carbonyl (C=O) groups excluding carboxylic acids is 1. The number of unbranched alkanes of at least 4 members (excludes halogenated alkanes) is 1. The molecule has 0 bridgehead atoms. The van der Waals surface area contributed by atoms with Crippen molar-refractivity contribution >= 4 is 16.8 Å². The van der Waals surface area contributed by atoms with E-state index >= 15 is 0 Å². The molecule has 7 heteroatoms. The fourth-order valence-electron chi connectivity index (χ4n) is 5.70. The number of piperidine rings is 1. The number of allylic oxidation sites excluding steroid dienone is 1. The van der Waals surface area contributed by atoms with E-state index in [1.807, 2.05) is 37.3 Å². The van der Waals surface area contributed by atoms with Gasteiger partial charge in [0.25, 0.3) is 0 Å². The molecule has 0 radical (unpaired) electrons. The lowest BCUT2D eigenvalue weighted by molar-refractivity contribution is -0.125. The largest absolute Gasteiger partial charge is 0.493 e. The first-order chi connectivity index (χ1) is 18.5. The summed E-state index contributed by atoms with van der Waals surface area (Å²) in [6.45, 7) is 10.8. The molecule has 38 heavy (non-hydrogen) atoms. The molecule has 1 aromatic heterocycles. The summed E-state index contributed by atoms with van der Waals surface area (Å²) >= 11 is 0. The Morgan fingerprint density at radius 2 is 2.08 bits per heavy atom. The Hall–Kier alpha value is -3.06. The predicted octanol–water partition coefficient (Wildman–Crippen LogP) is 5.40. The van der Waals surface area contributed by atoms with Crippen molar-refractivity contribution < 1.29 is 19.0 Å². The number of nitrogens with one attached hydrogen (secondary N) is 1. The van der Waals surface area contributed by atoms with E-state index < -0.39 is 5.60 Å². The van der Waals surface area contributed by atoms with Gasteiger partial charge in [-0.2, -0.15) is 0 Å². The minimum absolute atomic E-state index is 0.0409. The van der Waals surface area contributed by atoms with Crippen LogP contribution in [0.3, 0.4) is 0 Å². The van der Waals surface area contributed by atoms with Gasteiger partial charge in [-0.3, -0.25) is 14.7 Å². The SMILES string of the molecule is CCCCNC(=O)C1C2=C(CC(C)(Oc3ccnc4cc(OCCN5CCCCC5)ccc34)C=C2)OC1C. The van der Waals surface area contributed by atoms with Crippen molar-refractivity contribution in [2.75, 3.05) is 32.8 Å². The minimum atomic E-state index is -0.593. The molecule has 3 aliphatic rings. The molecule has 0 spiro atoms. The van der Waals surface area contributed by atoms with Crippen LogP contribution in [0, 0.1) is 5.92 Å². The number of rotatable bonds is 10. The quantitative estimate of drug-likeness (QED) is 0.424. The molecule has 2 aliphatic heterocycles. The highest BCUT2D eigenvalue weighted by molar-refractivity contribution is 5.86. The van der Waals surface area contributed by atoms with Crippen molar-refractivity contribution in [3.8, 4) is 11.5 Å². The number of ether oxygens (including phenoxy) is 3. The van der Waals surface area contributed by atoms with Gasteiger partial charge < -0.3 is 19.5 Å². The lowest BCUT2D eigenvalue weighted by Gasteiger charge is -2.31. The van der Waals surface area contributed by atoms with Crippen molar-refractivity contribution in [3.05, 3.63) is 53.9 Å². The molecule has 1 aromatic carbocycles. The van der Waals surface area contributed by atoms with Crippen LogP contribution >= 0.6 is 0 Å². The van der Waals surface area contributed by atoms with Crippen LogP contribution in [-0.4, -0.2) is 60.3 Å². The van der Waals surface area contributed by atoms with Gasteiger partial charge in [-0.15, -0.1) is 0 Å². The third-order valence-corrected chi connectivity index (χ3v) is 7.84. The Balaban J connectivity index is 1.24. The monoisotopic (exact) mass is 519 g/mol. The molecule has 1 aliphatic carbocycles. The molecule has 1 amide bonds. The molecular formula is C31H41N3O4. The van der Waals surface area contributed by atoms with E-state index in [-0.39, 0.29) is 17.9 Å². The highest BCUT2D eigenvalue weighted by Crippen LogP contribution is 2.42. The van der Waals surface area contributed by atoms with Crippen molar-refractivity contribution in [1.29, 1.82) is 0 Å². The summed E-state index contributed by atoms with van der Waals surface area (Å²) in [5.41, 5.74) is 1.22. The third kappa shape index (κ3) is 5.98. The zero-order chi connectivity index (χ0) is 26.5. The van der Waals surface area contributed by atoms with Crippen LogP contribution in [0.15, 0.2) is 53.9 Å². The molecule has 1 N–H and O–H groups in total. The van der Waals surface area contributed by atoms with Gasteiger partial charge in [0.2, 0.25) is 5.91 Å². The highest BCUT2D eigenvalue weighted by atomic mass is 16.5. The van der Waals surface area contributed by atoms with E-state index in [1.54, 1.807) is 6.20 Å². The minimum Gasteiger partial charge on any atom is -0.493 e. The van der Waals surface area contributed by atoms with Gasteiger partial charge in [-0.1, -0.05) is 25.8 Å². The van der Waals surface area contributed by atoms with Gasteiger partial charge in [0.05, 0.1) is 5.52 Å². The van der Waals surface area contributed by atoms with Crippen molar-refractivity contribution in [2.24, 2.45) is 5.92 Å². The molecular weight excluding hydrogens is 478 g/mol. The van der Waals surface area contributed by atoms with Crippen LogP contribution in [-0.2, 0) is 9.53 Å². The molecule has 3 unspecified atom stereocenters. The average molecular weight is 520 g/mol. The van der Waals surface area contributed by atoms with E-state index in [0.717, 1.165) is 53.1 Å². The number of hydrogen-bond acceptors (Lipinski definition) is 6. The third-order valence-electron chi connectivity index (χ3n) is 7.84. The Labute approximate surface area is 226 Å². The first-order valence-corrected chi connectivity index (χ1v) is 14.3. The summed E-state index contributed by atoms with van der Waals surface area (Å²) in [5, 5.41) is 4.01. The van der Waals surface area contributed by atoms with Crippen molar-refractivity contribution in [1.82, 2.24) is 15.2 Å². The topological polar surface area (TPSA) is 72.9 Å². The van der Waals surface area contributed by atoms with Gasteiger partial charge in [0, 0.05) is 42.7 Å². The Morgan fingerprint density at radius 3 is 2.89 bits per heavy atom. The summed E-state index contributed by atoms with van der Waals surface area (Å²) in [7, 11) is 0. The standard InChI is InChI=1S/C31H41N3O4/c1-4-5-14-33-30(35)29-22(2)37-28-21-31(3,13-11-25(28)29)38-27-12-15-32-26-20-23(9-10-24(26)27)36-19-18-34-16-7-6-8-17-34/h9-13,15,20,22,29H,4-8,14,16-19,21H2,1-3H3,(H,33,35). The molecule has 1 saturated heterocycles. The van der Waals surface area contributed by atoms with Crippen LogP contribution in [0.2, 0.25) is 0 Å². The number of fused-ring (bicyclic) bond motifs is 1. The zero-order valence-electron chi connectivity index (χ0n) is 23.0. The maximum atomic E-state index is 12.8. The average Bonchev–Trinajstić information content (AvgIpc) is 3.23. The molecule has 7 nitrogen and oxygen atoms in total. The fraction of sp³-hybridized carbons (Fsp3) is 0.548. The smallest absolute Gasteiger partial charge is 0.231 e. The van der Waals surface area contributed by atoms with Crippen LogP contribution in [0.1, 0.15) is 59.3 Å². The number of amides is 1. The molecule has 2 aromatic rings. The first kappa shape index (κ1) is 26.5. The summed E-state index contributed by atoms with van der Waals surface area (Å²) < 4.78 is 18.8. The van der Waals surface area contributed by atoms with Gasteiger partial charge in [-0.25, -0.2) is 0 Å². The number of pyridine rings is 1. The second-order valence-corrected chi connectivity index (χ2v) is 11.0. The predicted molar refractivity (Wildman–Crippen MR) is 149 cm³/mol. The van der Waals surface area contributed by atoms with Gasteiger partial charge in [-0.05, 0) is 70.5 Å². The Morgan fingerprint density at radius 1 is 1.24 bits per heavy atom. The maximum Gasteiger partial charge on any atom is 0.231 e. The van der Waals surface area contributed by atoms with Crippen LogP contribution in [0.25, 0.3) is 10.9 Å². The Kier molecular flexibility index (Phi) is 8.22. The van der Waals surface area contributed by atoms with Crippen molar-refractivity contribution in [3.63, 3.8) is 0 Å². The van der Waals surface area contributed by atoms with Gasteiger partial charge in [0.1, 0.15) is 41.5 Å². The van der Waals surface area contributed by atoms with E-state index in [0.29, 0.717) is 19.6 Å². The molecule has 3 atom stereocenters. The zero-order valence-corrected chi connectivity index (χ0v) is 23.0. The lowest BCUT2D eigenvalue weighted by atomic mass is 9.86. The molecule has 3 heterocycles. The lowest BCUT2D eigenvalue weighted by Crippen LogP contribution is -2.36. The van der Waals surface area contributed by atoms with Crippen LogP contribution < -0.4 is 14.8 Å². The van der Waals surface area contributed by atoms with Gasteiger partial charge >= 0.3 is 0 Å². The van der Waals surface area contributed by atoms with E-state index in [2.05, 4.69) is 35.1 Å². The second kappa shape index (κ2) is 11.8. The van der Waals surface area contributed by atoms with Gasteiger partial charge in [0.15, 0.2) is 0 Å². The van der Waals surface area contributed by atoms with Crippen LogP contribution in [0.4, 0.5) is 0 Å². The van der Waals surface area contributed by atoms with Crippen molar-refractivity contribution in [2.45, 2.75) is 71.0 Å². The Bertz CT molecular complexity index is 1200. The van der Waals surface area contributed by atoms with E-state index in [4.69, 9.17) is 14.2 Å². The number of aromatic nitrogens is 1. The summed E-state index contributed by atoms with van der Waals surface area (Å²) in [6, 6.07) is 7.92. The number of hydrogen-bond donors (Lipinski definition) is 1. The summed E-state index contributed by atoms with van der Waals surface area (Å²) in [4.78, 5) is 19.9. The fourth-order valence-corrected chi connectivity index (χ4v) is 5.70. The summed E-state index contributed by atoms with van der Waals surface area (Å²) in [6.07, 6.45) is 12.2. The second-order valence-electron chi connectivity index (χ2n) is 11.0. The number of benzene rings is 1. The normalized spacial score (nSPS) is 25.2. The molecule has 1 fully saturated rings. The number of likely N-dealkylation sites (tertiary alicyclic amines) is 1. The summed E-state index contributed by atoms with van der Waals surface area (Å²) in [5.74, 6) is 2.21. The number of carbonyl (C=O) groups is 1. The molecule has 204 valence electrons.